The molecule has 1 spiro atoms. The molecule has 2 aliphatic rings. The van der Waals surface area contributed by atoms with E-state index in [0.29, 0.717) is 31.9 Å². The molecule has 0 saturated carbocycles. The molecule has 0 unspecified atom stereocenters. The fourth-order valence-corrected chi connectivity index (χ4v) is 3.90. The van der Waals surface area contributed by atoms with E-state index in [-0.39, 0.29) is 25.6 Å². The first kappa shape index (κ1) is 17.3. The van der Waals surface area contributed by atoms with Crippen molar-refractivity contribution in [2.24, 2.45) is 0 Å². The lowest BCUT2D eigenvalue weighted by Crippen LogP contribution is -2.60. The molecule has 2 fully saturated rings. The average Bonchev–Trinajstić information content (AvgIpc) is 2.77. The molecule has 24 heavy (non-hydrogen) atoms. The van der Waals surface area contributed by atoms with Gasteiger partial charge in [0.1, 0.15) is 5.60 Å². The summed E-state index contributed by atoms with van der Waals surface area (Å²) in [6.07, 6.45) is 4.31. The van der Waals surface area contributed by atoms with Gasteiger partial charge in [-0.1, -0.05) is 0 Å². The van der Waals surface area contributed by atoms with Gasteiger partial charge in [0.2, 0.25) is 10.0 Å². The summed E-state index contributed by atoms with van der Waals surface area (Å²) in [4.78, 5) is 18.3. The lowest BCUT2D eigenvalue weighted by molar-refractivity contribution is -0.129. The SMILES string of the molecule is CS(=O)(=O)N1CCOC[C@@]2(CN(C(=O)c3cccnc3)CCO2)C1. The van der Waals surface area contributed by atoms with E-state index in [0.717, 1.165) is 0 Å². The first-order valence-electron chi connectivity index (χ1n) is 7.76. The fourth-order valence-electron chi connectivity index (χ4n) is 3.03. The maximum Gasteiger partial charge on any atom is 0.255 e. The number of carbonyl (C=O) groups excluding carboxylic acids is 1. The van der Waals surface area contributed by atoms with Crippen LogP contribution in [-0.4, -0.2) is 86.4 Å². The van der Waals surface area contributed by atoms with Crippen LogP contribution in [0.3, 0.4) is 0 Å². The summed E-state index contributed by atoms with van der Waals surface area (Å²) in [5.74, 6) is -0.138. The van der Waals surface area contributed by atoms with Crippen LogP contribution < -0.4 is 0 Å². The Hall–Kier alpha value is -1.55. The molecule has 8 nitrogen and oxygen atoms in total. The molecule has 2 aliphatic heterocycles. The van der Waals surface area contributed by atoms with Gasteiger partial charge in [-0.05, 0) is 12.1 Å². The Morgan fingerprint density at radius 2 is 2.12 bits per heavy atom. The Morgan fingerprint density at radius 1 is 1.29 bits per heavy atom. The second-order valence-corrected chi connectivity index (χ2v) is 8.13. The Kier molecular flexibility index (Phi) is 4.86. The fraction of sp³-hybridized carbons (Fsp3) is 0.600. The van der Waals surface area contributed by atoms with E-state index in [4.69, 9.17) is 9.47 Å². The third-order valence-corrected chi connectivity index (χ3v) is 5.48. The molecule has 3 heterocycles. The molecule has 1 aromatic rings. The van der Waals surface area contributed by atoms with Crippen LogP contribution in [0.1, 0.15) is 10.4 Å². The highest BCUT2D eigenvalue weighted by molar-refractivity contribution is 7.88. The van der Waals surface area contributed by atoms with Crippen LogP contribution in [0.5, 0.6) is 0 Å². The number of hydrogen-bond donors (Lipinski definition) is 0. The molecule has 2 saturated heterocycles. The van der Waals surface area contributed by atoms with Gasteiger partial charge in [-0.2, -0.15) is 4.31 Å². The Labute approximate surface area is 141 Å². The third-order valence-electron chi connectivity index (χ3n) is 4.23. The van der Waals surface area contributed by atoms with Crippen molar-refractivity contribution in [3.63, 3.8) is 0 Å². The summed E-state index contributed by atoms with van der Waals surface area (Å²) < 4.78 is 36.7. The summed E-state index contributed by atoms with van der Waals surface area (Å²) in [5, 5.41) is 0. The van der Waals surface area contributed by atoms with Crippen molar-refractivity contribution in [2.45, 2.75) is 5.60 Å². The standard InChI is InChI=1S/C15H21N3O5S/c1-24(20,21)18-6-7-22-12-15(11-18)10-17(5-8-23-15)14(19)13-3-2-4-16-9-13/h2-4,9H,5-8,10-12H2,1H3/t15-/m1/s1. The lowest BCUT2D eigenvalue weighted by Gasteiger charge is -2.43. The average molecular weight is 355 g/mol. The molecule has 1 atom stereocenters. The number of rotatable bonds is 2. The highest BCUT2D eigenvalue weighted by Crippen LogP contribution is 2.24. The van der Waals surface area contributed by atoms with Gasteiger partial charge in [-0.15, -0.1) is 0 Å². The summed E-state index contributed by atoms with van der Waals surface area (Å²) in [6, 6.07) is 3.42. The zero-order chi connectivity index (χ0) is 17.2. The predicted octanol–water partition coefficient (Wildman–Crippen LogP) is -0.415. The topological polar surface area (TPSA) is 89.0 Å². The van der Waals surface area contributed by atoms with Gasteiger partial charge in [-0.25, -0.2) is 8.42 Å². The molecule has 0 N–H and O–H groups in total. The molecule has 0 aromatic carbocycles. The molecule has 0 bridgehead atoms. The molecular weight excluding hydrogens is 334 g/mol. The number of hydrogen-bond acceptors (Lipinski definition) is 6. The first-order valence-corrected chi connectivity index (χ1v) is 9.61. The quantitative estimate of drug-likeness (QED) is 0.716. The van der Waals surface area contributed by atoms with E-state index in [1.807, 2.05) is 0 Å². The van der Waals surface area contributed by atoms with Crippen molar-refractivity contribution in [3.8, 4) is 0 Å². The van der Waals surface area contributed by atoms with Gasteiger partial charge < -0.3 is 14.4 Å². The monoisotopic (exact) mass is 355 g/mol. The lowest BCUT2D eigenvalue weighted by atomic mass is 10.0. The van der Waals surface area contributed by atoms with Crippen LogP contribution in [-0.2, 0) is 19.5 Å². The maximum absolute atomic E-state index is 12.6. The number of aromatic nitrogens is 1. The van der Waals surface area contributed by atoms with Gasteiger partial charge in [0.05, 0.1) is 38.2 Å². The maximum atomic E-state index is 12.6. The number of ether oxygens (including phenoxy) is 2. The zero-order valence-corrected chi connectivity index (χ0v) is 14.4. The molecule has 1 aromatic heterocycles. The van der Waals surface area contributed by atoms with E-state index < -0.39 is 15.6 Å². The summed E-state index contributed by atoms with van der Waals surface area (Å²) >= 11 is 0. The minimum atomic E-state index is -3.35. The molecule has 132 valence electrons. The van der Waals surface area contributed by atoms with E-state index in [2.05, 4.69) is 4.98 Å². The van der Waals surface area contributed by atoms with Gasteiger partial charge in [0, 0.05) is 32.0 Å². The van der Waals surface area contributed by atoms with Crippen LogP contribution in [0.15, 0.2) is 24.5 Å². The molecule has 0 aliphatic carbocycles. The second kappa shape index (κ2) is 6.75. The number of nitrogens with zero attached hydrogens (tertiary/aromatic N) is 3. The van der Waals surface area contributed by atoms with Crippen LogP contribution in [0.2, 0.25) is 0 Å². The Bertz CT molecular complexity index is 696. The second-order valence-electron chi connectivity index (χ2n) is 6.15. The number of amides is 1. The summed E-state index contributed by atoms with van der Waals surface area (Å²) in [7, 11) is -3.35. The van der Waals surface area contributed by atoms with Gasteiger partial charge in [-0.3, -0.25) is 9.78 Å². The number of sulfonamides is 1. The van der Waals surface area contributed by atoms with Crippen LogP contribution in [0.25, 0.3) is 0 Å². The highest BCUT2D eigenvalue weighted by atomic mass is 32.2. The molecule has 9 heteroatoms. The number of pyridine rings is 1. The number of carbonyl (C=O) groups is 1. The van der Waals surface area contributed by atoms with Gasteiger partial charge in [0.25, 0.3) is 5.91 Å². The molecule has 1 amide bonds. The van der Waals surface area contributed by atoms with Crippen molar-refractivity contribution < 1.29 is 22.7 Å². The predicted molar refractivity (Wildman–Crippen MR) is 86.1 cm³/mol. The van der Waals surface area contributed by atoms with Crippen molar-refractivity contribution in [3.05, 3.63) is 30.1 Å². The zero-order valence-electron chi connectivity index (χ0n) is 13.6. The molecular formula is C15H21N3O5S. The summed E-state index contributed by atoms with van der Waals surface area (Å²) in [5.41, 5.74) is -0.334. The number of morpholine rings is 1. The molecule has 0 radical (unpaired) electrons. The van der Waals surface area contributed by atoms with Crippen LogP contribution >= 0.6 is 0 Å². The minimum absolute atomic E-state index is 0.138. The van der Waals surface area contributed by atoms with Gasteiger partial charge >= 0.3 is 0 Å². The minimum Gasteiger partial charge on any atom is -0.377 e. The Morgan fingerprint density at radius 3 is 2.83 bits per heavy atom. The first-order chi connectivity index (χ1) is 11.4. The van der Waals surface area contributed by atoms with E-state index in [1.54, 1.807) is 23.2 Å². The smallest absolute Gasteiger partial charge is 0.255 e. The van der Waals surface area contributed by atoms with Gasteiger partial charge in [0.15, 0.2) is 0 Å². The molecule has 3 rings (SSSR count). The Balaban J connectivity index is 1.79. The van der Waals surface area contributed by atoms with E-state index in [1.165, 1.54) is 16.8 Å². The van der Waals surface area contributed by atoms with E-state index in [9.17, 15) is 13.2 Å². The van der Waals surface area contributed by atoms with Crippen molar-refractivity contribution in [2.75, 3.05) is 52.3 Å². The highest BCUT2D eigenvalue weighted by Gasteiger charge is 2.43. The van der Waals surface area contributed by atoms with Crippen LogP contribution in [0.4, 0.5) is 0 Å². The van der Waals surface area contributed by atoms with Crippen molar-refractivity contribution in [1.82, 2.24) is 14.2 Å². The van der Waals surface area contributed by atoms with Crippen molar-refractivity contribution in [1.29, 1.82) is 0 Å². The normalized spacial score (nSPS) is 26.3. The third kappa shape index (κ3) is 3.75. The van der Waals surface area contributed by atoms with Crippen molar-refractivity contribution >= 4 is 15.9 Å². The van der Waals surface area contributed by atoms with Crippen LogP contribution in [0, 0.1) is 0 Å². The summed E-state index contributed by atoms with van der Waals surface area (Å²) in [6.45, 7) is 2.13. The largest absolute Gasteiger partial charge is 0.377 e. The van der Waals surface area contributed by atoms with E-state index >= 15 is 0 Å².